The molecule has 0 radical (unpaired) electrons. The van der Waals surface area contributed by atoms with Gasteiger partial charge in [-0.1, -0.05) is 12.1 Å². The van der Waals surface area contributed by atoms with E-state index in [1.165, 1.54) is 60.7 Å². The Labute approximate surface area is 199 Å². The maximum absolute atomic E-state index is 11.0. The molecule has 0 saturated carbocycles. The Bertz CT molecular complexity index is 1600. The summed E-state index contributed by atoms with van der Waals surface area (Å²) in [5, 5.41) is 44.1. The fourth-order valence-electron chi connectivity index (χ4n) is 3.53. The number of non-ortho nitro benzene ring substituents is 2. The maximum atomic E-state index is 11.0. The first-order valence-corrected chi connectivity index (χ1v) is 9.71. The number of carbonyl (C=O) groups excluding carboxylic acids is 2. The number of nitro groups is 4. The van der Waals surface area contributed by atoms with E-state index in [4.69, 9.17) is 0 Å². The van der Waals surface area contributed by atoms with Gasteiger partial charge in [0.25, 0.3) is 22.7 Å². The summed E-state index contributed by atoms with van der Waals surface area (Å²) in [6.07, 6.45) is 0.745. The van der Waals surface area contributed by atoms with Gasteiger partial charge in [-0.25, -0.2) is 0 Å². The van der Waals surface area contributed by atoms with Crippen molar-refractivity contribution in [2.24, 2.45) is 0 Å². The van der Waals surface area contributed by atoms with Crippen LogP contribution in [0.5, 0.6) is 0 Å². The largest absolute Gasteiger partial charge is 0.298 e. The highest BCUT2D eigenvalue weighted by atomic mass is 16.6. The predicted octanol–water partition coefficient (Wildman–Crippen LogP) is 4.94. The van der Waals surface area contributed by atoms with Gasteiger partial charge in [0.2, 0.25) is 0 Å². The first-order valence-electron chi connectivity index (χ1n) is 9.71. The summed E-state index contributed by atoms with van der Waals surface area (Å²) in [5.41, 5.74) is -1.29. The average molecular weight is 492 g/mol. The molecule has 0 bridgehead atoms. The second-order valence-corrected chi connectivity index (χ2v) is 7.05. The third-order valence-electron chi connectivity index (χ3n) is 5.07. The molecular formula is C22H12N4O10. The molecule has 0 amide bonds. The number of rotatable bonds is 6. The number of carbonyl (C=O) groups is 2. The molecule has 14 heteroatoms. The molecule has 4 aromatic rings. The summed E-state index contributed by atoms with van der Waals surface area (Å²) in [6.45, 7) is 0. The van der Waals surface area contributed by atoms with E-state index >= 15 is 0 Å². The molecule has 0 aliphatic rings. The van der Waals surface area contributed by atoms with E-state index in [1.807, 2.05) is 0 Å². The number of aldehydes is 2. The second kappa shape index (κ2) is 10.1. The minimum atomic E-state index is -0.713. The van der Waals surface area contributed by atoms with Gasteiger partial charge >= 0.3 is 0 Å². The summed E-state index contributed by atoms with van der Waals surface area (Å²) < 4.78 is 0. The Morgan fingerprint density at radius 1 is 0.556 bits per heavy atom. The van der Waals surface area contributed by atoms with Crippen LogP contribution in [0.15, 0.2) is 60.7 Å². The third-order valence-corrected chi connectivity index (χ3v) is 5.07. The molecule has 0 saturated heterocycles. The molecule has 0 heterocycles. The van der Waals surface area contributed by atoms with Crippen LogP contribution >= 0.6 is 0 Å². The van der Waals surface area contributed by atoms with Gasteiger partial charge in [-0.2, -0.15) is 0 Å². The van der Waals surface area contributed by atoms with Gasteiger partial charge < -0.3 is 0 Å². The van der Waals surface area contributed by atoms with Gasteiger partial charge in [-0.05, 0) is 35.7 Å². The molecule has 4 rings (SSSR count). The highest BCUT2D eigenvalue weighted by molar-refractivity contribution is 6.03. The average Bonchev–Trinajstić information content (AvgIpc) is 2.86. The zero-order valence-corrected chi connectivity index (χ0v) is 17.8. The first kappa shape index (κ1) is 25.0. The van der Waals surface area contributed by atoms with Crippen molar-refractivity contribution in [3.63, 3.8) is 0 Å². The quantitative estimate of drug-likeness (QED) is 0.201. The smallest absolute Gasteiger partial charge is 0.287 e. The Kier molecular flexibility index (Phi) is 7.00. The number of benzene rings is 4. The Morgan fingerprint density at radius 3 is 1.64 bits per heavy atom. The van der Waals surface area contributed by atoms with E-state index in [-0.39, 0.29) is 44.3 Å². The fraction of sp³-hybridized carbons (Fsp3) is 0. The van der Waals surface area contributed by atoms with Crippen molar-refractivity contribution in [2.75, 3.05) is 0 Å². The zero-order valence-electron chi connectivity index (χ0n) is 17.8. The van der Waals surface area contributed by atoms with Gasteiger partial charge in [0.15, 0.2) is 12.6 Å². The lowest BCUT2D eigenvalue weighted by molar-refractivity contribution is -0.385. The van der Waals surface area contributed by atoms with Crippen LogP contribution in [0.1, 0.15) is 20.7 Å². The SMILES string of the molecule is O=Cc1ccc2c([N+](=O)[O-])cccc2c1[N+](=O)[O-].O=Cc1ccc2cc([N+](=O)[O-])ccc2c1[N+](=O)[O-]. The van der Waals surface area contributed by atoms with Crippen molar-refractivity contribution in [1.82, 2.24) is 0 Å². The summed E-state index contributed by atoms with van der Waals surface area (Å²) in [6, 6.07) is 12.9. The molecular weight excluding hydrogens is 480 g/mol. The fourth-order valence-corrected chi connectivity index (χ4v) is 3.53. The standard InChI is InChI=1S/2C11H6N2O5/c14-6-8-2-1-7-5-9(12(15)16)3-4-10(7)11(8)13(17)18;14-6-7-4-5-8-9(11(7)13(17)18)2-1-3-10(8)12(15)16/h2*1-6H. The molecule has 0 aliphatic heterocycles. The molecule has 0 aliphatic carbocycles. The molecule has 36 heavy (non-hydrogen) atoms. The normalized spacial score (nSPS) is 10.2. The van der Waals surface area contributed by atoms with Crippen LogP contribution in [0, 0.1) is 40.5 Å². The van der Waals surface area contributed by atoms with E-state index in [9.17, 15) is 50.0 Å². The van der Waals surface area contributed by atoms with E-state index in [0.717, 1.165) is 0 Å². The molecule has 4 aromatic carbocycles. The summed E-state index contributed by atoms with van der Waals surface area (Å²) in [7, 11) is 0. The van der Waals surface area contributed by atoms with Crippen LogP contribution in [-0.4, -0.2) is 32.3 Å². The molecule has 180 valence electrons. The Morgan fingerprint density at radius 2 is 1.11 bits per heavy atom. The number of nitro benzene ring substituents is 4. The van der Waals surface area contributed by atoms with E-state index in [0.29, 0.717) is 18.0 Å². The van der Waals surface area contributed by atoms with Gasteiger partial charge in [-0.15, -0.1) is 0 Å². The number of hydrogen-bond acceptors (Lipinski definition) is 10. The van der Waals surface area contributed by atoms with Crippen molar-refractivity contribution < 1.29 is 29.3 Å². The van der Waals surface area contributed by atoms with Crippen LogP contribution in [0.3, 0.4) is 0 Å². The van der Waals surface area contributed by atoms with Crippen molar-refractivity contribution >= 4 is 56.9 Å². The van der Waals surface area contributed by atoms with E-state index in [1.54, 1.807) is 0 Å². The van der Waals surface area contributed by atoms with Gasteiger partial charge in [0.1, 0.15) is 0 Å². The summed E-state index contributed by atoms with van der Waals surface area (Å²) >= 11 is 0. The van der Waals surface area contributed by atoms with Gasteiger partial charge in [0.05, 0.1) is 47.0 Å². The Hall–Kier alpha value is -5.66. The highest BCUT2D eigenvalue weighted by Crippen LogP contribution is 2.34. The molecule has 0 fully saturated rings. The van der Waals surface area contributed by atoms with Crippen LogP contribution in [-0.2, 0) is 0 Å². The van der Waals surface area contributed by atoms with Crippen LogP contribution in [0.2, 0.25) is 0 Å². The van der Waals surface area contributed by atoms with Crippen LogP contribution in [0.25, 0.3) is 21.5 Å². The topological polar surface area (TPSA) is 207 Å². The molecule has 0 atom stereocenters. The van der Waals surface area contributed by atoms with Crippen molar-refractivity contribution in [3.8, 4) is 0 Å². The first-order chi connectivity index (χ1) is 17.1. The predicted molar refractivity (Wildman–Crippen MR) is 125 cm³/mol. The maximum Gasteiger partial charge on any atom is 0.287 e. The molecule has 0 N–H and O–H groups in total. The molecule has 0 spiro atoms. The summed E-state index contributed by atoms with van der Waals surface area (Å²) in [4.78, 5) is 62.2. The minimum absolute atomic E-state index is 0.0543. The summed E-state index contributed by atoms with van der Waals surface area (Å²) in [5.74, 6) is 0. The highest BCUT2D eigenvalue weighted by Gasteiger charge is 2.22. The molecule has 0 unspecified atom stereocenters. The number of fused-ring (bicyclic) bond motifs is 2. The van der Waals surface area contributed by atoms with Crippen molar-refractivity contribution in [2.45, 2.75) is 0 Å². The zero-order chi connectivity index (χ0) is 26.6. The van der Waals surface area contributed by atoms with Gasteiger partial charge in [0, 0.05) is 18.2 Å². The molecule has 0 aromatic heterocycles. The van der Waals surface area contributed by atoms with Crippen LogP contribution in [0.4, 0.5) is 22.7 Å². The third kappa shape index (κ3) is 4.67. The second-order valence-electron chi connectivity index (χ2n) is 7.05. The number of hydrogen-bond donors (Lipinski definition) is 0. The minimum Gasteiger partial charge on any atom is -0.298 e. The monoisotopic (exact) mass is 492 g/mol. The molecule has 14 nitrogen and oxygen atoms in total. The lowest BCUT2D eigenvalue weighted by Crippen LogP contribution is -1.97. The lowest BCUT2D eigenvalue weighted by atomic mass is 10.0. The van der Waals surface area contributed by atoms with Gasteiger partial charge in [-0.3, -0.25) is 50.0 Å². The Balaban J connectivity index is 0.000000201. The van der Waals surface area contributed by atoms with Crippen molar-refractivity contribution in [3.05, 3.63) is 112 Å². The van der Waals surface area contributed by atoms with E-state index < -0.39 is 25.4 Å². The van der Waals surface area contributed by atoms with Crippen LogP contribution < -0.4 is 0 Å². The lowest BCUT2D eigenvalue weighted by Gasteiger charge is -2.02. The van der Waals surface area contributed by atoms with Crippen molar-refractivity contribution in [1.29, 1.82) is 0 Å². The number of nitrogens with zero attached hydrogens (tertiary/aromatic N) is 4. The van der Waals surface area contributed by atoms with E-state index in [2.05, 4.69) is 0 Å².